The molecule has 2 rings (SSSR count). The van der Waals surface area contributed by atoms with Crippen molar-refractivity contribution in [2.45, 2.75) is 33.1 Å². The second-order valence-corrected chi connectivity index (χ2v) is 5.13. The van der Waals surface area contributed by atoms with E-state index < -0.39 is 0 Å². The van der Waals surface area contributed by atoms with Crippen molar-refractivity contribution < 1.29 is 9.53 Å². The van der Waals surface area contributed by atoms with Crippen molar-refractivity contribution in [3.63, 3.8) is 0 Å². The molecule has 20 heavy (non-hydrogen) atoms. The van der Waals surface area contributed by atoms with Crippen LogP contribution >= 0.6 is 0 Å². The average Bonchev–Trinajstić information content (AvgIpc) is 2.46. The molecule has 0 N–H and O–H groups in total. The van der Waals surface area contributed by atoms with Crippen molar-refractivity contribution in [2.75, 3.05) is 13.2 Å². The van der Waals surface area contributed by atoms with Crippen LogP contribution in [0.25, 0.3) is 10.8 Å². The van der Waals surface area contributed by atoms with Gasteiger partial charge in [0, 0.05) is 12.2 Å². The minimum Gasteiger partial charge on any atom is -0.381 e. The van der Waals surface area contributed by atoms with Crippen LogP contribution in [-0.4, -0.2) is 19.0 Å². The van der Waals surface area contributed by atoms with Gasteiger partial charge in [0.2, 0.25) is 0 Å². The molecule has 0 bridgehead atoms. The number of ketones is 1. The molecule has 0 aliphatic heterocycles. The number of hydrogen-bond donors (Lipinski definition) is 0. The van der Waals surface area contributed by atoms with Gasteiger partial charge >= 0.3 is 0 Å². The van der Waals surface area contributed by atoms with Gasteiger partial charge in [0.05, 0.1) is 6.61 Å². The van der Waals surface area contributed by atoms with Crippen molar-refractivity contribution in [2.24, 2.45) is 0 Å². The normalized spacial score (nSPS) is 10.9. The topological polar surface area (TPSA) is 26.3 Å². The number of benzene rings is 2. The zero-order chi connectivity index (χ0) is 14.4. The SMILES string of the molecule is CCCCOCCc1ccc2c(C(C)=O)cccc2c1. The van der Waals surface area contributed by atoms with Crippen molar-refractivity contribution in [3.05, 3.63) is 47.5 Å². The van der Waals surface area contributed by atoms with Gasteiger partial charge in [0.15, 0.2) is 5.78 Å². The fraction of sp³-hybridized carbons (Fsp3) is 0.389. The van der Waals surface area contributed by atoms with E-state index in [1.807, 2.05) is 18.2 Å². The first-order valence-corrected chi connectivity index (χ1v) is 7.32. The summed E-state index contributed by atoms with van der Waals surface area (Å²) in [4.78, 5) is 11.6. The van der Waals surface area contributed by atoms with E-state index in [9.17, 15) is 4.79 Å². The van der Waals surface area contributed by atoms with Crippen molar-refractivity contribution in [3.8, 4) is 0 Å². The lowest BCUT2D eigenvalue weighted by atomic mass is 9.99. The van der Waals surface area contributed by atoms with Crippen LogP contribution in [0.2, 0.25) is 0 Å². The van der Waals surface area contributed by atoms with Gasteiger partial charge < -0.3 is 4.74 Å². The highest BCUT2D eigenvalue weighted by atomic mass is 16.5. The van der Waals surface area contributed by atoms with Gasteiger partial charge in [-0.25, -0.2) is 0 Å². The van der Waals surface area contributed by atoms with Gasteiger partial charge in [0.25, 0.3) is 0 Å². The van der Waals surface area contributed by atoms with E-state index in [0.717, 1.165) is 42.4 Å². The summed E-state index contributed by atoms with van der Waals surface area (Å²) in [6.07, 6.45) is 3.22. The monoisotopic (exact) mass is 270 g/mol. The standard InChI is InChI=1S/C18H22O2/c1-3-4-11-20-12-10-15-8-9-18-16(13-15)6-5-7-17(18)14(2)19/h5-9,13H,3-4,10-12H2,1-2H3. The third kappa shape index (κ3) is 3.67. The van der Waals surface area contributed by atoms with E-state index in [1.165, 1.54) is 12.0 Å². The summed E-state index contributed by atoms with van der Waals surface area (Å²) >= 11 is 0. The molecule has 0 aromatic heterocycles. The van der Waals surface area contributed by atoms with Gasteiger partial charge in [-0.05, 0) is 36.1 Å². The second kappa shape index (κ2) is 7.20. The molecule has 0 radical (unpaired) electrons. The third-order valence-corrected chi connectivity index (χ3v) is 3.50. The summed E-state index contributed by atoms with van der Waals surface area (Å²) in [5.41, 5.74) is 2.06. The number of rotatable bonds is 7. The molecule has 0 aliphatic rings. The summed E-state index contributed by atoms with van der Waals surface area (Å²) in [5.74, 6) is 0.117. The molecule has 0 amide bonds. The van der Waals surface area contributed by atoms with Crippen LogP contribution in [0.15, 0.2) is 36.4 Å². The van der Waals surface area contributed by atoms with Gasteiger partial charge in [-0.15, -0.1) is 0 Å². The van der Waals surface area contributed by atoms with Crippen LogP contribution in [0.4, 0.5) is 0 Å². The smallest absolute Gasteiger partial charge is 0.160 e. The van der Waals surface area contributed by atoms with E-state index in [2.05, 4.69) is 25.1 Å². The molecule has 106 valence electrons. The average molecular weight is 270 g/mol. The van der Waals surface area contributed by atoms with Crippen LogP contribution in [0.3, 0.4) is 0 Å². The highest BCUT2D eigenvalue weighted by Crippen LogP contribution is 2.21. The molecule has 2 heteroatoms. The summed E-state index contributed by atoms with van der Waals surface area (Å²) in [6, 6.07) is 12.2. The van der Waals surface area contributed by atoms with E-state index in [4.69, 9.17) is 4.74 Å². The third-order valence-electron chi connectivity index (χ3n) is 3.50. The van der Waals surface area contributed by atoms with Gasteiger partial charge in [-0.1, -0.05) is 49.7 Å². The Morgan fingerprint density at radius 2 is 2.00 bits per heavy atom. The fourth-order valence-corrected chi connectivity index (χ4v) is 2.33. The van der Waals surface area contributed by atoms with Gasteiger partial charge in [-0.2, -0.15) is 0 Å². The molecule has 0 spiro atoms. The van der Waals surface area contributed by atoms with Crippen LogP contribution in [-0.2, 0) is 11.2 Å². The molecule has 2 aromatic carbocycles. The quantitative estimate of drug-likeness (QED) is 0.550. The lowest BCUT2D eigenvalue weighted by Crippen LogP contribution is -2.00. The molecular formula is C18H22O2. The highest BCUT2D eigenvalue weighted by Gasteiger charge is 2.05. The summed E-state index contributed by atoms with van der Waals surface area (Å²) < 4.78 is 5.60. The molecule has 0 saturated carbocycles. The first-order chi connectivity index (χ1) is 9.72. The maximum Gasteiger partial charge on any atom is 0.160 e. The van der Waals surface area contributed by atoms with Crippen molar-refractivity contribution in [1.82, 2.24) is 0 Å². The first-order valence-electron chi connectivity index (χ1n) is 7.32. The Morgan fingerprint density at radius 3 is 2.75 bits per heavy atom. The predicted octanol–water partition coefficient (Wildman–Crippen LogP) is 4.40. The number of hydrogen-bond acceptors (Lipinski definition) is 2. The van der Waals surface area contributed by atoms with Crippen LogP contribution in [0, 0.1) is 0 Å². The number of carbonyl (C=O) groups excluding carboxylic acids is 1. The fourth-order valence-electron chi connectivity index (χ4n) is 2.33. The van der Waals surface area contributed by atoms with Gasteiger partial charge in [0.1, 0.15) is 0 Å². The Morgan fingerprint density at radius 1 is 1.15 bits per heavy atom. The lowest BCUT2D eigenvalue weighted by molar-refractivity contribution is 0.101. The number of unbranched alkanes of at least 4 members (excludes halogenated alkanes) is 1. The Kier molecular flexibility index (Phi) is 5.31. The number of Topliss-reactive ketones (excluding diaryl/α,β-unsaturated/α-hetero) is 1. The van der Waals surface area contributed by atoms with Crippen LogP contribution in [0.5, 0.6) is 0 Å². The number of fused-ring (bicyclic) bond motifs is 1. The molecule has 0 atom stereocenters. The molecule has 0 saturated heterocycles. The lowest BCUT2D eigenvalue weighted by Gasteiger charge is -2.07. The van der Waals surface area contributed by atoms with E-state index in [1.54, 1.807) is 6.92 Å². The second-order valence-electron chi connectivity index (χ2n) is 5.13. The molecule has 0 heterocycles. The van der Waals surface area contributed by atoms with Crippen molar-refractivity contribution in [1.29, 1.82) is 0 Å². The largest absolute Gasteiger partial charge is 0.381 e. The van der Waals surface area contributed by atoms with Crippen LogP contribution < -0.4 is 0 Å². The Hall–Kier alpha value is -1.67. The summed E-state index contributed by atoms with van der Waals surface area (Å²) in [7, 11) is 0. The maximum atomic E-state index is 11.6. The minimum absolute atomic E-state index is 0.117. The zero-order valence-electron chi connectivity index (χ0n) is 12.3. The van der Waals surface area contributed by atoms with Crippen molar-refractivity contribution >= 4 is 16.6 Å². The molecule has 2 aromatic rings. The Labute approximate surface area is 120 Å². The Bertz CT molecular complexity index is 587. The molecular weight excluding hydrogens is 248 g/mol. The molecule has 2 nitrogen and oxygen atoms in total. The van der Waals surface area contributed by atoms with Gasteiger partial charge in [-0.3, -0.25) is 4.79 Å². The predicted molar refractivity (Wildman–Crippen MR) is 83.4 cm³/mol. The maximum absolute atomic E-state index is 11.6. The minimum atomic E-state index is 0.117. The molecule has 0 fully saturated rings. The Balaban J connectivity index is 2.08. The van der Waals surface area contributed by atoms with E-state index in [-0.39, 0.29) is 5.78 Å². The molecule has 0 aliphatic carbocycles. The molecule has 0 unspecified atom stereocenters. The first kappa shape index (κ1) is 14.7. The zero-order valence-corrected chi connectivity index (χ0v) is 12.3. The summed E-state index contributed by atoms with van der Waals surface area (Å²) in [6.45, 7) is 5.39. The highest BCUT2D eigenvalue weighted by molar-refractivity contribution is 6.07. The van der Waals surface area contributed by atoms with E-state index >= 15 is 0 Å². The number of carbonyl (C=O) groups is 1. The number of ether oxygens (including phenoxy) is 1. The summed E-state index contributed by atoms with van der Waals surface area (Å²) in [5, 5.41) is 2.17. The van der Waals surface area contributed by atoms with E-state index in [0.29, 0.717) is 0 Å². The van der Waals surface area contributed by atoms with Crippen LogP contribution in [0.1, 0.15) is 42.6 Å².